The van der Waals surface area contributed by atoms with Crippen LogP contribution in [0.2, 0.25) is 0 Å². The summed E-state index contributed by atoms with van der Waals surface area (Å²) in [5.41, 5.74) is 0. The molecule has 1 rings (SSSR count). The summed E-state index contributed by atoms with van der Waals surface area (Å²) in [7, 11) is 0. The van der Waals surface area contributed by atoms with Gasteiger partial charge in [-0.1, -0.05) is 25.2 Å². The minimum atomic E-state index is 0.893. The SMILES string of the molecule is C/C=C(/I)CCC(C)C1CC=CCC1. The molecule has 0 aromatic rings. The lowest BCUT2D eigenvalue weighted by Gasteiger charge is -2.24. The minimum Gasteiger partial charge on any atom is -0.0885 e. The summed E-state index contributed by atoms with van der Waals surface area (Å²) in [6.45, 7) is 4.55. The first-order valence-electron chi connectivity index (χ1n) is 5.69. The second kappa shape index (κ2) is 6.65. The van der Waals surface area contributed by atoms with Crippen LogP contribution in [0.5, 0.6) is 0 Å². The van der Waals surface area contributed by atoms with Crippen molar-refractivity contribution in [1.82, 2.24) is 0 Å². The Morgan fingerprint density at radius 2 is 2.36 bits per heavy atom. The molecule has 80 valence electrons. The molecule has 0 bridgehead atoms. The van der Waals surface area contributed by atoms with Crippen molar-refractivity contribution in [3.8, 4) is 0 Å². The number of hydrogen-bond donors (Lipinski definition) is 0. The van der Waals surface area contributed by atoms with Crippen LogP contribution in [0.25, 0.3) is 0 Å². The molecule has 0 fully saturated rings. The van der Waals surface area contributed by atoms with Crippen LogP contribution in [0.15, 0.2) is 21.8 Å². The summed E-state index contributed by atoms with van der Waals surface area (Å²) in [6.07, 6.45) is 13.6. The largest absolute Gasteiger partial charge is 0.0885 e. The molecule has 0 heterocycles. The van der Waals surface area contributed by atoms with Crippen molar-refractivity contribution in [3.05, 3.63) is 21.8 Å². The van der Waals surface area contributed by atoms with E-state index in [2.05, 4.69) is 54.7 Å². The zero-order valence-corrected chi connectivity index (χ0v) is 11.5. The van der Waals surface area contributed by atoms with E-state index in [1.165, 1.54) is 35.7 Å². The molecule has 0 aromatic carbocycles. The first-order chi connectivity index (χ1) is 6.74. The first-order valence-corrected chi connectivity index (χ1v) is 6.77. The molecule has 14 heavy (non-hydrogen) atoms. The van der Waals surface area contributed by atoms with Crippen LogP contribution < -0.4 is 0 Å². The highest BCUT2D eigenvalue weighted by Gasteiger charge is 2.17. The quantitative estimate of drug-likeness (QED) is 0.501. The summed E-state index contributed by atoms with van der Waals surface area (Å²) in [6, 6.07) is 0. The average molecular weight is 304 g/mol. The van der Waals surface area contributed by atoms with Gasteiger partial charge in [-0.2, -0.15) is 0 Å². The van der Waals surface area contributed by atoms with E-state index in [4.69, 9.17) is 0 Å². The van der Waals surface area contributed by atoms with Crippen molar-refractivity contribution in [2.75, 3.05) is 0 Å². The van der Waals surface area contributed by atoms with Crippen LogP contribution in [0.3, 0.4) is 0 Å². The van der Waals surface area contributed by atoms with Gasteiger partial charge in [0.2, 0.25) is 0 Å². The minimum absolute atomic E-state index is 0.893. The fourth-order valence-electron chi connectivity index (χ4n) is 2.08. The van der Waals surface area contributed by atoms with Crippen molar-refractivity contribution < 1.29 is 0 Å². The van der Waals surface area contributed by atoms with Gasteiger partial charge >= 0.3 is 0 Å². The second-order valence-corrected chi connectivity index (χ2v) is 5.68. The Hall–Kier alpha value is 0.210. The molecule has 0 saturated heterocycles. The number of hydrogen-bond acceptors (Lipinski definition) is 0. The topological polar surface area (TPSA) is 0 Å². The lowest BCUT2D eigenvalue weighted by molar-refractivity contribution is 0.316. The van der Waals surface area contributed by atoms with Gasteiger partial charge in [0.05, 0.1) is 0 Å². The van der Waals surface area contributed by atoms with Crippen LogP contribution in [0.4, 0.5) is 0 Å². The van der Waals surface area contributed by atoms with Crippen molar-refractivity contribution in [1.29, 1.82) is 0 Å². The number of halogens is 1. The molecule has 0 saturated carbocycles. The first kappa shape index (κ1) is 12.3. The highest BCUT2D eigenvalue weighted by Crippen LogP contribution is 2.30. The number of rotatable bonds is 4. The molecule has 1 aliphatic carbocycles. The summed E-state index contributed by atoms with van der Waals surface area (Å²) in [5, 5.41) is 0. The highest BCUT2D eigenvalue weighted by atomic mass is 127. The summed E-state index contributed by atoms with van der Waals surface area (Å²) in [5.74, 6) is 1.84. The molecule has 0 aliphatic heterocycles. The zero-order valence-electron chi connectivity index (χ0n) is 9.30. The van der Waals surface area contributed by atoms with Crippen molar-refractivity contribution in [2.45, 2.75) is 46.0 Å². The lowest BCUT2D eigenvalue weighted by Crippen LogP contribution is -2.13. The van der Waals surface area contributed by atoms with Crippen LogP contribution in [0, 0.1) is 11.8 Å². The van der Waals surface area contributed by atoms with Crippen LogP contribution in [0.1, 0.15) is 46.0 Å². The fourth-order valence-corrected chi connectivity index (χ4v) is 2.39. The van der Waals surface area contributed by atoms with Gasteiger partial charge in [-0.15, -0.1) is 0 Å². The van der Waals surface area contributed by atoms with Gasteiger partial charge in [0, 0.05) is 0 Å². The van der Waals surface area contributed by atoms with E-state index in [-0.39, 0.29) is 0 Å². The van der Waals surface area contributed by atoms with Gasteiger partial charge in [0.15, 0.2) is 0 Å². The van der Waals surface area contributed by atoms with E-state index >= 15 is 0 Å². The summed E-state index contributed by atoms with van der Waals surface area (Å²) < 4.78 is 1.51. The van der Waals surface area contributed by atoms with E-state index < -0.39 is 0 Å². The Labute approximate surface area is 102 Å². The van der Waals surface area contributed by atoms with Crippen LogP contribution in [-0.4, -0.2) is 0 Å². The molecular weight excluding hydrogens is 283 g/mol. The van der Waals surface area contributed by atoms with E-state index in [1.54, 1.807) is 0 Å². The Morgan fingerprint density at radius 3 is 2.93 bits per heavy atom. The maximum atomic E-state index is 2.46. The Morgan fingerprint density at radius 1 is 1.57 bits per heavy atom. The Bertz CT molecular complexity index is 215. The van der Waals surface area contributed by atoms with Gasteiger partial charge in [-0.3, -0.25) is 0 Å². The van der Waals surface area contributed by atoms with Crippen molar-refractivity contribution >= 4 is 22.6 Å². The molecule has 0 N–H and O–H groups in total. The third kappa shape index (κ3) is 4.16. The van der Waals surface area contributed by atoms with Crippen LogP contribution in [-0.2, 0) is 0 Å². The van der Waals surface area contributed by atoms with E-state index in [0.29, 0.717) is 0 Å². The molecule has 0 nitrogen and oxygen atoms in total. The third-order valence-electron chi connectivity index (χ3n) is 3.27. The Balaban J connectivity index is 2.27. The predicted molar refractivity (Wildman–Crippen MR) is 72.7 cm³/mol. The number of allylic oxidation sites excluding steroid dienone is 4. The molecule has 0 radical (unpaired) electrons. The third-order valence-corrected chi connectivity index (χ3v) is 4.43. The van der Waals surface area contributed by atoms with Gasteiger partial charge < -0.3 is 0 Å². The summed E-state index contributed by atoms with van der Waals surface area (Å²) in [4.78, 5) is 0. The normalized spacial score (nSPS) is 25.1. The van der Waals surface area contributed by atoms with Gasteiger partial charge in [-0.25, -0.2) is 0 Å². The zero-order chi connectivity index (χ0) is 10.4. The van der Waals surface area contributed by atoms with Crippen LogP contribution >= 0.6 is 22.6 Å². The molecule has 0 aromatic heterocycles. The molecule has 2 atom stereocenters. The molecule has 1 aliphatic rings. The molecule has 2 unspecified atom stereocenters. The van der Waals surface area contributed by atoms with E-state index in [1.807, 2.05) is 0 Å². The highest BCUT2D eigenvalue weighted by molar-refractivity contribution is 14.1. The molecule has 0 amide bonds. The maximum Gasteiger partial charge on any atom is -0.0137 e. The average Bonchev–Trinajstić information content (AvgIpc) is 2.26. The predicted octanol–water partition coefficient (Wildman–Crippen LogP) is 5.10. The molecule has 0 spiro atoms. The van der Waals surface area contributed by atoms with Gasteiger partial charge in [-0.05, 0) is 77.0 Å². The molecule has 1 heteroatoms. The lowest BCUT2D eigenvalue weighted by atomic mass is 9.82. The Kier molecular flexibility index (Phi) is 5.83. The van der Waals surface area contributed by atoms with Gasteiger partial charge in [0.1, 0.15) is 0 Å². The van der Waals surface area contributed by atoms with Gasteiger partial charge in [0.25, 0.3) is 0 Å². The monoisotopic (exact) mass is 304 g/mol. The fraction of sp³-hybridized carbons (Fsp3) is 0.692. The van der Waals surface area contributed by atoms with E-state index in [9.17, 15) is 0 Å². The second-order valence-electron chi connectivity index (χ2n) is 4.30. The standard InChI is InChI=1S/C13H21I/c1-3-13(14)10-9-11(2)12-7-5-4-6-8-12/h3-5,11-12H,6-10H2,1-2H3/b13-3+. The molecular formula is C13H21I. The van der Waals surface area contributed by atoms with E-state index in [0.717, 1.165) is 11.8 Å². The smallest absolute Gasteiger partial charge is 0.0137 e. The van der Waals surface area contributed by atoms with Crippen molar-refractivity contribution in [2.24, 2.45) is 11.8 Å². The van der Waals surface area contributed by atoms with Crippen molar-refractivity contribution in [3.63, 3.8) is 0 Å². The maximum absolute atomic E-state index is 2.46. The summed E-state index contributed by atoms with van der Waals surface area (Å²) >= 11 is 2.46.